The molecule has 0 fully saturated rings. The number of hydrogen-bond acceptors (Lipinski definition) is 4. The van der Waals surface area contributed by atoms with E-state index in [4.69, 9.17) is 0 Å². The van der Waals surface area contributed by atoms with Crippen LogP contribution >= 0.6 is 0 Å². The summed E-state index contributed by atoms with van der Waals surface area (Å²) in [6.45, 7) is 1.65. The second kappa shape index (κ2) is 5.38. The average Bonchev–Trinajstić information content (AvgIpc) is 2.38. The minimum absolute atomic E-state index is 0.108. The first-order valence-corrected chi connectivity index (χ1v) is 7.04. The molecule has 0 radical (unpaired) electrons. The predicted octanol–water partition coefficient (Wildman–Crippen LogP) is 2.30. The lowest BCUT2D eigenvalue weighted by atomic mass is 10.2. The molecule has 0 atom stereocenters. The van der Waals surface area contributed by atoms with Gasteiger partial charge in [0.2, 0.25) is 0 Å². The highest BCUT2D eigenvalue weighted by Crippen LogP contribution is 2.23. The number of rotatable bonds is 3. The SMILES string of the molecule is Cc1ncccc1C(=O)Nc1ccccc1S(=O)(=O)F. The van der Waals surface area contributed by atoms with Gasteiger partial charge in [-0.05, 0) is 31.2 Å². The third kappa shape index (κ3) is 3.00. The second-order valence-electron chi connectivity index (χ2n) is 4.02. The van der Waals surface area contributed by atoms with Crippen LogP contribution < -0.4 is 5.32 Å². The fourth-order valence-electron chi connectivity index (χ4n) is 1.70. The van der Waals surface area contributed by atoms with Crippen LogP contribution in [0.4, 0.5) is 9.57 Å². The molecule has 5 nitrogen and oxygen atoms in total. The van der Waals surface area contributed by atoms with Crippen LogP contribution in [0.3, 0.4) is 0 Å². The summed E-state index contributed by atoms with van der Waals surface area (Å²) in [5.74, 6) is -0.549. The molecule has 0 bridgehead atoms. The number of carbonyl (C=O) groups is 1. The molecule has 0 unspecified atom stereocenters. The summed E-state index contributed by atoms with van der Waals surface area (Å²) in [4.78, 5) is 15.4. The Bertz CT molecular complexity index is 760. The molecular weight excluding hydrogens is 283 g/mol. The van der Waals surface area contributed by atoms with E-state index in [0.717, 1.165) is 6.07 Å². The van der Waals surface area contributed by atoms with Crippen LogP contribution in [0.25, 0.3) is 0 Å². The lowest BCUT2D eigenvalue weighted by Gasteiger charge is -2.09. The van der Waals surface area contributed by atoms with Gasteiger partial charge >= 0.3 is 10.2 Å². The molecule has 0 aliphatic carbocycles. The van der Waals surface area contributed by atoms with E-state index in [9.17, 15) is 17.1 Å². The molecule has 104 valence electrons. The number of hydrogen-bond donors (Lipinski definition) is 1. The topological polar surface area (TPSA) is 76.1 Å². The van der Waals surface area contributed by atoms with E-state index >= 15 is 0 Å². The zero-order valence-corrected chi connectivity index (χ0v) is 11.3. The van der Waals surface area contributed by atoms with Gasteiger partial charge in [-0.2, -0.15) is 8.42 Å². The first kappa shape index (κ1) is 14.1. The van der Waals surface area contributed by atoms with Crippen molar-refractivity contribution in [3.63, 3.8) is 0 Å². The molecule has 0 aliphatic heterocycles. The molecule has 0 spiro atoms. The smallest absolute Gasteiger partial charge is 0.321 e. The van der Waals surface area contributed by atoms with Crippen molar-refractivity contribution in [2.45, 2.75) is 11.8 Å². The molecule has 0 saturated heterocycles. The number of nitrogens with zero attached hydrogens (tertiary/aromatic N) is 1. The Balaban J connectivity index is 2.37. The minimum atomic E-state index is -4.90. The number of amides is 1. The molecular formula is C13H11FN2O3S. The Kier molecular flexibility index (Phi) is 3.80. The van der Waals surface area contributed by atoms with E-state index in [1.807, 2.05) is 0 Å². The van der Waals surface area contributed by atoms with Crippen molar-refractivity contribution in [1.29, 1.82) is 0 Å². The number of carbonyl (C=O) groups excluding carboxylic acids is 1. The monoisotopic (exact) mass is 294 g/mol. The molecule has 2 aromatic rings. The number of para-hydroxylation sites is 1. The molecule has 20 heavy (non-hydrogen) atoms. The summed E-state index contributed by atoms with van der Waals surface area (Å²) in [7, 11) is -4.90. The Morgan fingerprint density at radius 2 is 1.90 bits per heavy atom. The van der Waals surface area contributed by atoms with Gasteiger partial charge < -0.3 is 5.32 Å². The van der Waals surface area contributed by atoms with Gasteiger partial charge in [-0.3, -0.25) is 9.78 Å². The van der Waals surface area contributed by atoms with Gasteiger partial charge in [0.15, 0.2) is 0 Å². The van der Waals surface area contributed by atoms with Crippen LogP contribution in [0.2, 0.25) is 0 Å². The first-order valence-electron chi connectivity index (χ1n) is 5.66. The average molecular weight is 294 g/mol. The summed E-state index contributed by atoms with van der Waals surface area (Å²) in [5.41, 5.74) is 0.674. The van der Waals surface area contributed by atoms with Gasteiger partial charge in [-0.25, -0.2) is 0 Å². The summed E-state index contributed by atoms with van der Waals surface area (Å²) in [6, 6.07) is 8.40. The Morgan fingerprint density at radius 3 is 2.55 bits per heavy atom. The molecule has 7 heteroatoms. The highest BCUT2D eigenvalue weighted by Gasteiger charge is 2.19. The molecule has 1 amide bonds. The summed E-state index contributed by atoms with van der Waals surface area (Å²) in [5, 5.41) is 2.38. The number of anilines is 1. The normalized spacial score (nSPS) is 11.1. The predicted molar refractivity (Wildman–Crippen MR) is 71.7 cm³/mol. The van der Waals surface area contributed by atoms with Gasteiger partial charge in [0, 0.05) is 11.9 Å². The fourth-order valence-corrected chi connectivity index (χ4v) is 2.32. The van der Waals surface area contributed by atoms with Crippen LogP contribution in [0, 0.1) is 6.92 Å². The van der Waals surface area contributed by atoms with E-state index in [0.29, 0.717) is 11.3 Å². The van der Waals surface area contributed by atoms with E-state index in [1.54, 1.807) is 19.1 Å². The standard InChI is InChI=1S/C13H11FN2O3S/c1-9-10(5-4-8-15-9)13(17)16-11-6-2-3-7-12(11)20(14,18)19/h2-8H,1H3,(H,16,17). The van der Waals surface area contributed by atoms with Crippen molar-refractivity contribution in [3.8, 4) is 0 Å². The van der Waals surface area contributed by atoms with Crippen molar-refractivity contribution in [2.75, 3.05) is 5.32 Å². The Hall–Kier alpha value is -2.28. The number of pyridine rings is 1. The fraction of sp³-hybridized carbons (Fsp3) is 0.0769. The number of benzene rings is 1. The summed E-state index contributed by atoms with van der Waals surface area (Å²) >= 11 is 0. The number of nitrogens with one attached hydrogen (secondary N) is 1. The molecule has 1 N–H and O–H groups in total. The van der Waals surface area contributed by atoms with Crippen LogP contribution in [0.1, 0.15) is 16.1 Å². The lowest BCUT2D eigenvalue weighted by Crippen LogP contribution is -2.15. The number of aryl methyl sites for hydroxylation is 1. The van der Waals surface area contributed by atoms with E-state index in [1.165, 1.54) is 24.4 Å². The molecule has 1 aromatic carbocycles. The van der Waals surface area contributed by atoms with E-state index < -0.39 is 21.0 Å². The van der Waals surface area contributed by atoms with Gasteiger partial charge in [0.1, 0.15) is 4.90 Å². The lowest BCUT2D eigenvalue weighted by molar-refractivity contribution is 0.102. The highest BCUT2D eigenvalue weighted by molar-refractivity contribution is 7.86. The van der Waals surface area contributed by atoms with E-state index in [2.05, 4.69) is 10.3 Å². The maximum atomic E-state index is 13.1. The van der Waals surface area contributed by atoms with Crippen molar-refractivity contribution in [3.05, 3.63) is 53.9 Å². The van der Waals surface area contributed by atoms with E-state index in [-0.39, 0.29) is 5.69 Å². The van der Waals surface area contributed by atoms with Crippen LogP contribution in [-0.4, -0.2) is 19.3 Å². The molecule has 1 aromatic heterocycles. The van der Waals surface area contributed by atoms with Gasteiger partial charge in [-0.15, -0.1) is 3.89 Å². The summed E-state index contributed by atoms with van der Waals surface area (Å²) < 4.78 is 35.1. The van der Waals surface area contributed by atoms with Gasteiger partial charge in [0.25, 0.3) is 5.91 Å². The van der Waals surface area contributed by atoms with Crippen LogP contribution in [-0.2, 0) is 10.2 Å². The highest BCUT2D eigenvalue weighted by atomic mass is 32.3. The molecule has 2 rings (SSSR count). The van der Waals surface area contributed by atoms with Crippen molar-refractivity contribution in [1.82, 2.24) is 4.98 Å². The van der Waals surface area contributed by atoms with Gasteiger partial charge in [0.05, 0.1) is 11.3 Å². The van der Waals surface area contributed by atoms with Crippen molar-refractivity contribution >= 4 is 21.8 Å². The van der Waals surface area contributed by atoms with Crippen LogP contribution in [0.15, 0.2) is 47.5 Å². The largest absolute Gasteiger partial charge is 0.334 e. The summed E-state index contributed by atoms with van der Waals surface area (Å²) in [6.07, 6.45) is 1.53. The number of halogens is 1. The van der Waals surface area contributed by atoms with Crippen molar-refractivity contribution in [2.24, 2.45) is 0 Å². The van der Waals surface area contributed by atoms with Crippen molar-refractivity contribution < 1.29 is 17.1 Å². The quantitative estimate of drug-likeness (QED) is 0.881. The van der Waals surface area contributed by atoms with Gasteiger partial charge in [-0.1, -0.05) is 12.1 Å². The second-order valence-corrected chi connectivity index (χ2v) is 5.34. The molecule has 0 saturated carbocycles. The Morgan fingerprint density at radius 1 is 1.20 bits per heavy atom. The zero-order valence-electron chi connectivity index (χ0n) is 10.5. The van der Waals surface area contributed by atoms with Crippen LogP contribution in [0.5, 0.6) is 0 Å². The maximum absolute atomic E-state index is 13.1. The first-order chi connectivity index (χ1) is 9.39. The third-order valence-corrected chi connectivity index (χ3v) is 3.53. The minimum Gasteiger partial charge on any atom is -0.321 e. The Labute approximate surface area is 115 Å². The number of aromatic nitrogens is 1. The zero-order chi connectivity index (χ0) is 14.8. The maximum Gasteiger partial charge on any atom is 0.334 e. The molecule has 1 heterocycles. The molecule has 0 aliphatic rings. The third-order valence-electron chi connectivity index (χ3n) is 2.65.